The highest BCUT2D eigenvalue weighted by molar-refractivity contribution is 9.10. The molecule has 7 nitrogen and oxygen atoms in total. The predicted octanol–water partition coefficient (Wildman–Crippen LogP) is 1.70. The van der Waals surface area contributed by atoms with E-state index in [1.54, 1.807) is 0 Å². The van der Waals surface area contributed by atoms with Crippen LogP contribution in [0.15, 0.2) is 4.47 Å². The third kappa shape index (κ3) is 4.54. The minimum Gasteiger partial charge on any atom is -0.350 e. The van der Waals surface area contributed by atoms with E-state index in [1.165, 1.54) is 10.6 Å². The average Bonchev–Trinajstić information content (AvgIpc) is 2.86. The standard InChI is InChI=1S/C14H23BrN4O3S/c1-9(2)12-11(15)13(18-17-12)14(20)16-8-10-4-6-19(7-5-10)23(3,21)22/h9-10H,4-8H2,1-3H3,(H,16,20)(H,17,18). The Morgan fingerprint density at radius 1 is 1.43 bits per heavy atom. The van der Waals surface area contributed by atoms with Crippen molar-refractivity contribution in [2.24, 2.45) is 5.92 Å². The molecule has 1 fully saturated rings. The van der Waals surface area contributed by atoms with E-state index in [0.29, 0.717) is 35.7 Å². The van der Waals surface area contributed by atoms with Gasteiger partial charge in [0, 0.05) is 19.6 Å². The maximum atomic E-state index is 12.2. The SMILES string of the molecule is CC(C)c1[nH]nc(C(=O)NCC2CCN(S(C)(=O)=O)CC2)c1Br. The van der Waals surface area contributed by atoms with Crippen molar-refractivity contribution in [3.05, 3.63) is 15.9 Å². The van der Waals surface area contributed by atoms with Gasteiger partial charge in [0.2, 0.25) is 10.0 Å². The average molecular weight is 407 g/mol. The van der Waals surface area contributed by atoms with E-state index in [1.807, 2.05) is 13.8 Å². The van der Waals surface area contributed by atoms with Crippen LogP contribution in [0.3, 0.4) is 0 Å². The highest BCUT2D eigenvalue weighted by Crippen LogP contribution is 2.25. The monoisotopic (exact) mass is 406 g/mol. The van der Waals surface area contributed by atoms with Crippen molar-refractivity contribution in [1.29, 1.82) is 0 Å². The second kappa shape index (κ2) is 7.31. The molecule has 1 aromatic rings. The van der Waals surface area contributed by atoms with Crippen LogP contribution in [0, 0.1) is 5.92 Å². The lowest BCUT2D eigenvalue weighted by atomic mass is 9.98. The summed E-state index contributed by atoms with van der Waals surface area (Å²) in [6.07, 6.45) is 2.75. The van der Waals surface area contributed by atoms with Crippen molar-refractivity contribution in [2.75, 3.05) is 25.9 Å². The van der Waals surface area contributed by atoms with Gasteiger partial charge in [-0.25, -0.2) is 12.7 Å². The number of aromatic nitrogens is 2. The van der Waals surface area contributed by atoms with Gasteiger partial charge >= 0.3 is 0 Å². The molecule has 1 saturated heterocycles. The Kier molecular flexibility index (Phi) is 5.85. The Bertz CT molecular complexity index is 664. The summed E-state index contributed by atoms with van der Waals surface area (Å²) in [7, 11) is -3.11. The van der Waals surface area contributed by atoms with Crippen LogP contribution >= 0.6 is 15.9 Å². The molecule has 0 radical (unpaired) electrons. The molecular formula is C14H23BrN4O3S. The fraction of sp³-hybridized carbons (Fsp3) is 0.714. The fourth-order valence-electron chi connectivity index (χ4n) is 2.64. The summed E-state index contributed by atoms with van der Waals surface area (Å²) in [6.45, 7) is 5.61. The molecule has 0 aromatic carbocycles. The molecule has 1 aliphatic rings. The summed E-state index contributed by atoms with van der Waals surface area (Å²) < 4.78 is 25.2. The van der Waals surface area contributed by atoms with Crippen molar-refractivity contribution in [3.63, 3.8) is 0 Å². The molecule has 0 unspecified atom stereocenters. The number of hydrogen-bond acceptors (Lipinski definition) is 4. The third-order valence-electron chi connectivity index (χ3n) is 4.12. The Morgan fingerprint density at radius 3 is 2.52 bits per heavy atom. The number of rotatable bonds is 5. The van der Waals surface area contributed by atoms with Crippen LogP contribution < -0.4 is 5.32 Å². The summed E-state index contributed by atoms with van der Waals surface area (Å²) in [5, 5.41) is 9.85. The molecule has 1 aromatic heterocycles. The molecule has 1 aliphatic heterocycles. The summed E-state index contributed by atoms with van der Waals surface area (Å²) in [5.74, 6) is 0.323. The van der Waals surface area contributed by atoms with Gasteiger partial charge in [-0.15, -0.1) is 0 Å². The van der Waals surface area contributed by atoms with E-state index in [4.69, 9.17) is 0 Å². The number of H-pyrrole nitrogens is 1. The van der Waals surface area contributed by atoms with Crippen LogP contribution in [0.4, 0.5) is 0 Å². The molecule has 0 bridgehead atoms. The van der Waals surface area contributed by atoms with Crippen molar-refractivity contribution in [2.45, 2.75) is 32.6 Å². The molecule has 2 heterocycles. The molecular weight excluding hydrogens is 384 g/mol. The van der Waals surface area contributed by atoms with Crippen LogP contribution in [0.25, 0.3) is 0 Å². The van der Waals surface area contributed by atoms with Gasteiger partial charge in [-0.1, -0.05) is 13.8 Å². The molecule has 2 rings (SSSR count). The quantitative estimate of drug-likeness (QED) is 0.777. The van der Waals surface area contributed by atoms with Gasteiger partial charge in [-0.05, 0) is 40.6 Å². The Labute approximate surface area is 145 Å². The zero-order valence-corrected chi connectivity index (χ0v) is 16.0. The molecule has 0 aliphatic carbocycles. The van der Waals surface area contributed by atoms with Gasteiger partial charge < -0.3 is 5.32 Å². The van der Waals surface area contributed by atoms with E-state index in [2.05, 4.69) is 31.4 Å². The number of aromatic amines is 1. The molecule has 2 N–H and O–H groups in total. The zero-order chi connectivity index (χ0) is 17.2. The highest BCUT2D eigenvalue weighted by atomic mass is 79.9. The smallest absolute Gasteiger partial charge is 0.272 e. The second-order valence-electron chi connectivity index (χ2n) is 6.27. The van der Waals surface area contributed by atoms with Gasteiger partial charge in [0.25, 0.3) is 5.91 Å². The van der Waals surface area contributed by atoms with Gasteiger partial charge in [-0.3, -0.25) is 9.89 Å². The first-order chi connectivity index (χ1) is 10.7. The number of hydrogen-bond donors (Lipinski definition) is 2. The number of piperidine rings is 1. The van der Waals surface area contributed by atoms with E-state index in [9.17, 15) is 13.2 Å². The van der Waals surface area contributed by atoms with Gasteiger partial charge in [0.15, 0.2) is 5.69 Å². The highest BCUT2D eigenvalue weighted by Gasteiger charge is 2.26. The summed E-state index contributed by atoms with van der Waals surface area (Å²) >= 11 is 3.42. The van der Waals surface area contributed by atoms with Gasteiger partial charge in [0.1, 0.15) is 0 Å². The van der Waals surface area contributed by atoms with E-state index < -0.39 is 10.0 Å². The molecule has 130 valence electrons. The van der Waals surface area contributed by atoms with Crippen LogP contribution in [0.1, 0.15) is 48.8 Å². The van der Waals surface area contributed by atoms with E-state index in [-0.39, 0.29) is 11.8 Å². The topological polar surface area (TPSA) is 95.2 Å². The van der Waals surface area contributed by atoms with E-state index >= 15 is 0 Å². The van der Waals surface area contributed by atoms with Crippen LogP contribution in [0.5, 0.6) is 0 Å². The van der Waals surface area contributed by atoms with Gasteiger partial charge in [-0.2, -0.15) is 5.10 Å². The Hall–Kier alpha value is -0.930. The lowest BCUT2D eigenvalue weighted by Crippen LogP contribution is -2.41. The van der Waals surface area contributed by atoms with Crippen LogP contribution in [0.2, 0.25) is 0 Å². The molecule has 23 heavy (non-hydrogen) atoms. The molecule has 0 atom stereocenters. The molecule has 9 heteroatoms. The minimum absolute atomic E-state index is 0.217. The van der Waals surface area contributed by atoms with Crippen LogP contribution in [-0.4, -0.2) is 54.7 Å². The summed E-state index contributed by atoms with van der Waals surface area (Å²) in [4.78, 5) is 12.2. The first-order valence-electron chi connectivity index (χ1n) is 7.67. The first-order valence-corrected chi connectivity index (χ1v) is 10.3. The first kappa shape index (κ1) is 18.4. The summed E-state index contributed by atoms with van der Waals surface area (Å²) in [6, 6.07) is 0. The second-order valence-corrected chi connectivity index (χ2v) is 9.05. The number of nitrogens with zero attached hydrogens (tertiary/aromatic N) is 2. The largest absolute Gasteiger partial charge is 0.350 e. The number of nitrogens with one attached hydrogen (secondary N) is 2. The number of amides is 1. The lowest BCUT2D eigenvalue weighted by Gasteiger charge is -2.30. The third-order valence-corrected chi connectivity index (χ3v) is 6.22. The number of carbonyl (C=O) groups excluding carboxylic acids is 1. The Morgan fingerprint density at radius 2 is 2.04 bits per heavy atom. The number of sulfonamides is 1. The zero-order valence-electron chi connectivity index (χ0n) is 13.6. The van der Waals surface area contributed by atoms with Crippen molar-refractivity contribution < 1.29 is 13.2 Å². The van der Waals surface area contributed by atoms with Gasteiger partial charge in [0.05, 0.1) is 16.4 Å². The van der Waals surface area contributed by atoms with Crippen LogP contribution in [-0.2, 0) is 10.0 Å². The number of halogens is 1. The molecule has 1 amide bonds. The van der Waals surface area contributed by atoms with Crippen molar-refractivity contribution in [3.8, 4) is 0 Å². The minimum atomic E-state index is -3.11. The van der Waals surface area contributed by atoms with Crippen molar-refractivity contribution >= 4 is 31.9 Å². The lowest BCUT2D eigenvalue weighted by molar-refractivity contribution is 0.0935. The maximum Gasteiger partial charge on any atom is 0.272 e. The maximum absolute atomic E-state index is 12.2. The molecule has 0 spiro atoms. The normalized spacial score (nSPS) is 17.6. The predicted molar refractivity (Wildman–Crippen MR) is 91.9 cm³/mol. The number of carbonyl (C=O) groups is 1. The Balaban J connectivity index is 1.86. The molecule has 0 saturated carbocycles. The van der Waals surface area contributed by atoms with E-state index in [0.717, 1.165) is 18.5 Å². The fourth-order valence-corrected chi connectivity index (χ4v) is 4.33. The summed E-state index contributed by atoms with van der Waals surface area (Å²) in [5.41, 5.74) is 1.26. The van der Waals surface area contributed by atoms with Crippen molar-refractivity contribution in [1.82, 2.24) is 19.8 Å².